The Hall–Kier alpha value is -0.980. The molecule has 0 bridgehead atoms. The molecule has 0 spiro atoms. The Morgan fingerprint density at radius 1 is 1.44 bits per heavy atom. The fourth-order valence-electron chi connectivity index (χ4n) is 0.382. The van der Waals surface area contributed by atoms with Crippen molar-refractivity contribution in [2.24, 2.45) is 0 Å². The summed E-state index contributed by atoms with van der Waals surface area (Å²) in [5.74, 6) is 0. The van der Waals surface area contributed by atoms with E-state index in [1.807, 2.05) is 18.9 Å². The maximum absolute atomic E-state index is 3.74. The molecule has 0 aromatic rings. The van der Waals surface area contributed by atoms with Gasteiger partial charge in [-0.25, -0.2) is 0 Å². The average Bonchev–Trinajstić information content (AvgIpc) is 1.84. The van der Waals surface area contributed by atoms with Gasteiger partial charge in [0.1, 0.15) is 0 Å². The van der Waals surface area contributed by atoms with Crippen LogP contribution in [-0.2, 0) is 0 Å². The molecule has 50 valence electrons. The van der Waals surface area contributed by atoms with E-state index in [0.29, 0.717) is 0 Å². The lowest BCUT2D eigenvalue weighted by molar-refractivity contribution is 0.543. The lowest BCUT2D eigenvalue weighted by atomic mass is 10.4. The molecule has 0 aliphatic rings. The van der Waals surface area contributed by atoms with Gasteiger partial charge in [-0.15, -0.1) is 0 Å². The van der Waals surface area contributed by atoms with Crippen LogP contribution in [0.5, 0.6) is 0 Å². The van der Waals surface area contributed by atoms with Gasteiger partial charge < -0.3 is 4.90 Å². The molecule has 1 nitrogen and oxygen atoms in total. The maximum atomic E-state index is 3.74. The molecule has 0 saturated heterocycles. The first-order valence-corrected chi connectivity index (χ1v) is 2.80. The third kappa shape index (κ3) is 2.17. The first-order chi connectivity index (χ1) is 4.09. The van der Waals surface area contributed by atoms with Gasteiger partial charge >= 0.3 is 0 Å². The zero-order chi connectivity index (χ0) is 7.44. The Morgan fingerprint density at radius 3 is 2.00 bits per heavy atom. The first kappa shape index (κ1) is 8.02. The first-order valence-electron chi connectivity index (χ1n) is 2.80. The third-order valence-corrected chi connectivity index (χ3v) is 1.24. The molecule has 0 aromatic carbocycles. The van der Waals surface area contributed by atoms with Gasteiger partial charge in [-0.2, -0.15) is 0 Å². The minimum atomic E-state index is 0.877. The van der Waals surface area contributed by atoms with Crippen LogP contribution in [0.25, 0.3) is 0 Å². The minimum absolute atomic E-state index is 0.877. The topological polar surface area (TPSA) is 3.24 Å². The molecular formula is C8H13N. The van der Waals surface area contributed by atoms with Gasteiger partial charge in [0.15, 0.2) is 0 Å². The van der Waals surface area contributed by atoms with Crippen LogP contribution in [0.3, 0.4) is 0 Å². The largest absolute Gasteiger partial charge is 0.350 e. The highest BCUT2D eigenvalue weighted by Crippen LogP contribution is 2.04. The van der Waals surface area contributed by atoms with Crippen molar-refractivity contribution in [3.63, 3.8) is 0 Å². The molecule has 0 amide bonds. The summed E-state index contributed by atoms with van der Waals surface area (Å²) in [5, 5.41) is 0. The van der Waals surface area contributed by atoms with E-state index >= 15 is 0 Å². The summed E-state index contributed by atoms with van der Waals surface area (Å²) >= 11 is 0. The fraction of sp³-hybridized carbons (Fsp3) is 0.250. The second-order valence-corrected chi connectivity index (χ2v) is 1.99. The van der Waals surface area contributed by atoms with Crippen LogP contribution >= 0.6 is 0 Å². The zero-order valence-corrected chi connectivity index (χ0v) is 6.15. The van der Waals surface area contributed by atoms with E-state index in [9.17, 15) is 0 Å². The lowest BCUT2D eigenvalue weighted by Gasteiger charge is -2.17. The highest BCUT2D eigenvalue weighted by atomic mass is 15.1. The number of hydrogen-bond donors (Lipinski definition) is 0. The van der Waals surface area contributed by atoms with Crippen LogP contribution < -0.4 is 0 Å². The molecule has 0 aliphatic carbocycles. The van der Waals surface area contributed by atoms with Crippen molar-refractivity contribution in [2.75, 3.05) is 7.05 Å². The molecule has 9 heavy (non-hydrogen) atoms. The molecule has 0 atom stereocenters. The van der Waals surface area contributed by atoms with Gasteiger partial charge in [-0.3, -0.25) is 0 Å². The van der Waals surface area contributed by atoms with Crippen molar-refractivity contribution in [1.82, 2.24) is 4.90 Å². The van der Waals surface area contributed by atoms with E-state index in [0.717, 1.165) is 11.4 Å². The molecule has 0 rings (SSSR count). The Balaban J connectivity index is 4.03. The van der Waals surface area contributed by atoms with Crippen LogP contribution in [0.15, 0.2) is 37.2 Å². The number of allylic oxidation sites excluding steroid dienone is 2. The number of nitrogens with zero attached hydrogens (tertiary/aromatic N) is 1. The Labute approximate surface area is 57.0 Å². The summed E-state index contributed by atoms with van der Waals surface area (Å²) in [6.07, 6.45) is 1.70. The van der Waals surface area contributed by atoms with Crippen molar-refractivity contribution in [1.29, 1.82) is 0 Å². The van der Waals surface area contributed by atoms with Gasteiger partial charge in [0.25, 0.3) is 0 Å². The number of rotatable bonds is 3. The Bertz CT molecular complexity index is 145. The van der Waals surface area contributed by atoms with Crippen LogP contribution in [0, 0.1) is 0 Å². The van der Waals surface area contributed by atoms with Crippen LogP contribution in [0.1, 0.15) is 6.92 Å². The van der Waals surface area contributed by atoms with Crippen molar-refractivity contribution in [3.05, 3.63) is 37.2 Å². The lowest BCUT2D eigenvalue weighted by Crippen LogP contribution is -2.11. The van der Waals surface area contributed by atoms with Gasteiger partial charge in [0, 0.05) is 18.4 Å². The van der Waals surface area contributed by atoms with Crippen molar-refractivity contribution < 1.29 is 0 Å². The van der Waals surface area contributed by atoms with E-state index in [1.165, 1.54) is 0 Å². The van der Waals surface area contributed by atoms with Crippen LogP contribution in [0.2, 0.25) is 0 Å². The molecule has 0 heterocycles. The molecule has 0 radical (unpaired) electrons. The SMILES string of the molecule is C=CC(=C)N(C)C(=C)C. The zero-order valence-electron chi connectivity index (χ0n) is 6.15. The van der Waals surface area contributed by atoms with Crippen LogP contribution in [-0.4, -0.2) is 11.9 Å². The summed E-state index contributed by atoms with van der Waals surface area (Å²) < 4.78 is 0. The standard InChI is InChI=1S/C8H13N/c1-6-8(4)9(5)7(2)3/h6H,1-2,4H2,3,5H3. The molecule has 0 fully saturated rings. The predicted molar refractivity (Wildman–Crippen MR) is 41.9 cm³/mol. The molecule has 0 aliphatic heterocycles. The van der Waals surface area contributed by atoms with Gasteiger partial charge in [-0.05, 0) is 13.0 Å². The van der Waals surface area contributed by atoms with Gasteiger partial charge in [0.05, 0.1) is 0 Å². The molecule has 1 heteroatoms. The fourth-order valence-corrected chi connectivity index (χ4v) is 0.382. The van der Waals surface area contributed by atoms with Crippen molar-refractivity contribution >= 4 is 0 Å². The van der Waals surface area contributed by atoms with E-state index in [2.05, 4.69) is 19.7 Å². The average molecular weight is 123 g/mol. The predicted octanol–water partition coefficient (Wildman–Crippen LogP) is 2.15. The Kier molecular flexibility index (Phi) is 2.79. The van der Waals surface area contributed by atoms with E-state index in [1.54, 1.807) is 6.08 Å². The number of likely N-dealkylation sites (N-methyl/N-ethyl adjacent to an activating group) is 1. The molecule has 0 aromatic heterocycles. The monoisotopic (exact) mass is 123 g/mol. The summed E-state index contributed by atoms with van der Waals surface area (Å²) in [6.45, 7) is 13.0. The minimum Gasteiger partial charge on any atom is -0.350 e. The van der Waals surface area contributed by atoms with Gasteiger partial charge in [0.2, 0.25) is 0 Å². The third-order valence-electron chi connectivity index (χ3n) is 1.24. The van der Waals surface area contributed by atoms with Crippen LogP contribution in [0.4, 0.5) is 0 Å². The molecule has 0 saturated carbocycles. The molecular weight excluding hydrogens is 110 g/mol. The quantitative estimate of drug-likeness (QED) is 0.520. The van der Waals surface area contributed by atoms with E-state index in [-0.39, 0.29) is 0 Å². The highest BCUT2D eigenvalue weighted by Gasteiger charge is 1.94. The summed E-state index contributed by atoms with van der Waals surface area (Å²) in [4.78, 5) is 1.88. The van der Waals surface area contributed by atoms with E-state index < -0.39 is 0 Å². The summed E-state index contributed by atoms with van der Waals surface area (Å²) in [7, 11) is 1.91. The molecule has 0 unspecified atom stereocenters. The van der Waals surface area contributed by atoms with E-state index in [4.69, 9.17) is 0 Å². The second-order valence-electron chi connectivity index (χ2n) is 1.99. The summed E-state index contributed by atoms with van der Waals surface area (Å²) in [6, 6.07) is 0. The second kappa shape index (κ2) is 3.13. The van der Waals surface area contributed by atoms with Gasteiger partial charge in [-0.1, -0.05) is 19.7 Å². The normalized spacial score (nSPS) is 8.22. The number of hydrogen-bond acceptors (Lipinski definition) is 1. The Morgan fingerprint density at radius 2 is 1.89 bits per heavy atom. The summed E-state index contributed by atoms with van der Waals surface area (Å²) in [5.41, 5.74) is 1.85. The maximum Gasteiger partial charge on any atom is 0.0326 e. The highest BCUT2D eigenvalue weighted by molar-refractivity contribution is 5.14. The molecule has 0 N–H and O–H groups in total. The van der Waals surface area contributed by atoms with Crippen molar-refractivity contribution in [3.8, 4) is 0 Å². The van der Waals surface area contributed by atoms with Crippen molar-refractivity contribution in [2.45, 2.75) is 6.92 Å². The smallest absolute Gasteiger partial charge is 0.0326 e.